The molecule has 0 fully saturated rings. The molecule has 0 saturated carbocycles. The average molecular weight is 280 g/mol. The number of para-hydroxylation sites is 1. The number of carboxylic acid groups (broad SMARTS) is 1. The lowest BCUT2D eigenvalue weighted by Crippen LogP contribution is -2.21. The molecule has 6 heteroatoms. The van der Waals surface area contributed by atoms with E-state index in [-0.39, 0.29) is 5.95 Å². The van der Waals surface area contributed by atoms with Gasteiger partial charge in [0.05, 0.1) is 5.52 Å². The molecule has 1 heterocycles. The van der Waals surface area contributed by atoms with E-state index in [0.717, 1.165) is 0 Å². The first-order valence-electron chi connectivity index (χ1n) is 6.38. The standard InChI is InChI=1S/C15H12N4O2/c20-14(21)13(10-6-2-1-3-7-10)17-15-16-11-8-4-5-9-12(11)18-19-15/h1-9,13H,(H,20,21)(H,16,17,19). The van der Waals surface area contributed by atoms with Gasteiger partial charge in [-0.2, -0.15) is 0 Å². The van der Waals surface area contributed by atoms with E-state index >= 15 is 0 Å². The summed E-state index contributed by atoms with van der Waals surface area (Å²) in [5.41, 5.74) is 1.95. The molecule has 2 N–H and O–H groups in total. The van der Waals surface area contributed by atoms with Crippen molar-refractivity contribution in [2.45, 2.75) is 6.04 Å². The van der Waals surface area contributed by atoms with E-state index in [4.69, 9.17) is 0 Å². The molecule has 1 aromatic heterocycles. The molecule has 0 spiro atoms. The molecule has 6 nitrogen and oxygen atoms in total. The second-order valence-electron chi connectivity index (χ2n) is 4.45. The van der Waals surface area contributed by atoms with Crippen LogP contribution in [0.5, 0.6) is 0 Å². The average Bonchev–Trinajstić information content (AvgIpc) is 2.53. The van der Waals surface area contributed by atoms with Crippen molar-refractivity contribution in [3.05, 3.63) is 60.2 Å². The van der Waals surface area contributed by atoms with Crippen molar-refractivity contribution in [3.63, 3.8) is 0 Å². The Bertz CT molecular complexity index is 777. The number of rotatable bonds is 4. The van der Waals surface area contributed by atoms with Gasteiger partial charge in [-0.25, -0.2) is 9.78 Å². The Morgan fingerprint density at radius 3 is 2.33 bits per heavy atom. The van der Waals surface area contributed by atoms with Gasteiger partial charge in [0.1, 0.15) is 5.52 Å². The van der Waals surface area contributed by atoms with Gasteiger partial charge in [0.2, 0.25) is 5.95 Å². The fourth-order valence-corrected chi connectivity index (χ4v) is 2.00. The third-order valence-electron chi connectivity index (χ3n) is 3.01. The quantitative estimate of drug-likeness (QED) is 0.762. The number of aliphatic carboxylic acids is 1. The minimum absolute atomic E-state index is 0.185. The summed E-state index contributed by atoms with van der Waals surface area (Å²) < 4.78 is 0. The number of hydrogen-bond donors (Lipinski definition) is 2. The van der Waals surface area contributed by atoms with Gasteiger partial charge in [-0.15, -0.1) is 10.2 Å². The fraction of sp³-hybridized carbons (Fsp3) is 0.0667. The molecule has 1 atom stereocenters. The van der Waals surface area contributed by atoms with Crippen LogP contribution in [0.3, 0.4) is 0 Å². The fourth-order valence-electron chi connectivity index (χ4n) is 2.00. The van der Waals surface area contributed by atoms with Gasteiger partial charge in [-0.3, -0.25) is 0 Å². The minimum atomic E-state index is -1.00. The molecular formula is C15H12N4O2. The summed E-state index contributed by atoms with van der Waals surface area (Å²) in [5, 5.41) is 20.1. The Morgan fingerprint density at radius 1 is 0.952 bits per heavy atom. The summed E-state index contributed by atoms with van der Waals surface area (Å²) in [6.07, 6.45) is 0. The van der Waals surface area contributed by atoms with Gasteiger partial charge in [0.15, 0.2) is 6.04 Å². The predicted octanol–water partition coefficient (Wildman–Crippen LogP) is 2.26. The molecule has 3 rings (SSSR count). The molecule has 104 valence electrons. The van der Waals surface area contributed by atoms with Crippen LogP contribution in [0.15, 0.2) is 54.6 Å². The van der Waals surface area contributed by atoms with Crippen molar-refractivity contribution < 1.29 is 9.90 Å². The van der Waals surface area contributed by atoms with Crippen LogP contribution in [0.2, 0.25) is 0 Å². The van der Waals surface area contributed by atoms with E-state index in [1.165, 1.54) is 0 Å². The highest BCUT2D eigenvalue weighted by atomic mass is 16.4. The first-order valence-corrected chi connectivity index (χ1v) is 6.38. The highest BCUT2D eigenvalue weighted by Crippen LogP contribution is 2.18. The maximum atomic E-state index is 11.4. The maximum absolute atomic E-state index is 11.4. The summed E-state index contributed by atoms with van der Waals surface area (Å²) in [6, 6.07) is 15.2. The summed E-state index contributed by atoms with van der Waals surface area (Å²) >= 11 is 0. The van der Waals surface area contributed by atoms with Crippen molar-refractivity contribution in [2.24, 2.45) is 0 Å². The second kappa shape index (κ2) is 5.54. The zero-order chi connectivity index (χ0) is 14.7. The summed E-state index contributed by atoms with van der Waals surface area (Å²) in [6.45, 7) is 0. The van der Waals surface area contributed by atoms with Gasteiger partial charge in [0.25, 0.3) is 0 Å². The monoisotopic (exact) mass is 280 g/mol. The molecule has 0 bridgehead atoms. The Labute approximate surface area is 120 Å². The highest BCUT2D eigenvalue weighted by Gasteiger charge is 2.20. The number of aromatic nitrogens is 3. The van der Waals surface area contributed by atoms with Crippen LogP contribution in [-0.4, -0.2) is 26.3 Å². The topological polar surface area (TPSA) is 88.0 Å². The van der Waals surface area contributed by atoms with Gasteiger partial charge in [0, 0.05) is 0 Å². The van der Waals surface area contributed by atoms with Gasteiger partial charge in [-0.1, -0.05) is 42.5 Å². The Balaban J connectivity index is 1.93. The van der Waals surface area contributed by atoms with Crippen molar-refractivity contribution in [2.75, 3.05) is 5.32 Å². The number of carboxylic acids is 1. The van der Waals surface area contributed by atoms with Crippen molar-refractivity contribution in [1.29, 1.82) is 0 Å². The molecule has 21 heavy (non-hydrogen) atoms. The number of fused-ring (bicyclic) bond motifs is 1. The summed E-state index contributed by atoms with van der Waals surface area (Å²) in [4.78, 5) is 15.7. The lowest BCUT2D eigenvalue weighted by molar-refractivity contribution is -0.138. The summed E-state index contributed by atoms with van der Waals surface area (Å²) in [7, 11) is 0. The lowest BCUT2D eigenvalue weighted by atomic mass is 10.1. The third-order valence-corrected chi connectivity index (χ3v) is 3.01. The number of benzene rings is 2. The molecule has 0 saturated heterocycles. The van der Waals surface area contributed by atoms with Crippen molar-refractivity contribution >= 4 is 23.0 Å². The highest BCUT2D eigenvalue weighted by molar-refractivity contribution is 5.79. The van der Waals surface area contributed by atoms with E-state index in [2.05, 4.69) is 20.5 Å². The number of anilines is 1. The molecule has 0 radical (unpaired) electrons. The first kappa shape index (κ1) is 13.0. The smallest absolute Gasteiger partial charge is 0.330 e. The van der Waals surface area contributed by atoms with Crippen LogP contribution in [-0.2, 0) is 4.79 Å². The number of nitrogens with one attached hydrogen (secondary N) is 1. The van der Waals surface area contributed by atoms with Crippen LogP contribution in [0.1, 0.15) is 11.6 Å². The molecule has 1 unspecified atom stereocenters. The van der Waals surface area contributed by atoms with Crippen LogP contribution in [0, 0.1) is 0 Å². The third kappa shape index (κ3) is 2.79. The van der Waals surface area contributed by atoms with E-state index < -0.39 is 12.0 Å². The normalized spacial score (nSPS) is 12.0. The lowest BCUT2D eigenvalue weighted by Gasteiger charge is -2.14. The molecule has 0 aliphatic carbocycles. The molecule has 3 aromatic rings. The van der Waals surface area contributed by atoms with Gasteiger partial charge >= 0.3 is 5.97 Å². The second-order valence-corrected chi connectivity index (χ2v) is 4.45. The van der Waals surface area contributed by atoms with E-state index in [1.807, 2.05) is 18.2 Å². The van der Waals surface area contributed by atoms with E-state index in [0.29, 0.717) is 16.6 Å². The summed E-state index contributed by atoms with van der Waals surface area (Å²) in [5.74, 6) is -0.817. The molecule has 0 amide bonds. The number of nitrogens with zero attached hydrogens (tertiary/aromatic N) is 3. The van der Waals surface area contributed by atoms with Crippen molar-refractivity contribution in [1.82, 2.24) is 15.2 Å². The van der Waals surface area contributed by atoms with Crippen molar-refractivity contribution in [3.8, 4) is 0 Å². The molecular weight excluding hydrogens is 268 g/mol. The largest absolute Gasteiger partial charge is 0.479 e. The van der Waals surface area contributed by atoms with Crippen LogP contribution in [0.4, 0.5) is 5.95 Å². The SMILES string of the molecule is O=C(O)C(Nc1nnc2ccccc2n1)c1ccccc1. The molecule has 2 aromatic carbocycles. The number of hydrogen-bond acceptors (Lipinski definition) is 5. The first-order chi connectivity index (χ1) is 10.2. The van der Waals surface area contributed by atoms with Crippen LogP contribution >= 0.6 is 0 Å². The van der Waals surface area contributed by atoms with Crippen LogP contribution in [0.25, 0.3) is 11.0 Å². The Kier molecular flexibility index (Phi) is 3.42. The maximum Gasteiger partial charge on any atom is 0.330 e. The van der Waals surface area contributed by atoms with E-state index in [9.17, 15) is 9.90 Å². The zero-order valence-electron chi connectivity index (χ0n) is 11.0. The minimum Gasteiger partial charge on any atom is -0.479 e. The number of carbonyl (C=O) groups is 1. The van der Waals surface area contributed by atoms with Crippen LogP contribution < -0.4 is 5.32 Å². The molecule has 0 aliphatic rings. The van der Waals surface area contributed by atoms with Gasteiger partial charge in [-0.05, 0) is 17.7 Å². The van der Waals surface area contributed by atoms with Gasteiger partial charge < -0.3 is 10.4 Å². The Hall–Kier alpha value is -3.02. The predicted molar refractivity (Wildman–Crippen MR) is 77.8 cm³/mol. The zero-order valence-corrected chi connectivity index (χ0v) is 11.0. The molecule has 0 aliphatic heterocycles. The Morgan fingerprint density at radius 2 is 1.62 bits per heavy atom. The van der Waals surface area contributed by atoms with E-state index in [1.54, 1.807) is 36.4 Å².